The molecule has 0 fully saturated rings. The summed E-state index contributed by atoms with van der Waals surface area (Å²) in [5.74, 6) is 0.348. The zero-order valence-electron chi connectivity index (χ0n) is 20.7. The Bertz CT molecular complexity index is 1150. The van der Waals surface area contributed by atoms with Gasteiger partial charge in [0, 0.05) is 60.2 Å². The van der Waals surface area contributed by atoms with Crippen molar-refractivity contribution in [1.82, 2.24) is 15.3 Å². The third-order valence-electron chi connectivity index (χ3n) is 6.43. The number of methoxy groups -OCH3 is 1. The Morgan fingerprint density at radius 3 is 2.77 bits per heavy atom. The van der Waals surface area contributed by atoms with Crippen LogP contribution < -0.4 is 16.0 Å². The number of aromatic nitrogens is 2. The Morgan fingerprint density at radius 2 is 1.97 bits per heavy atom. The molecular formula is C28H35N5O2. The SMILES string of the molecule is COC(=O)CCNC(C)c1cc(Nc2ccc(NCCc3c[nH]c4c3C=CCC4C)cc2)ccn1. The first-order valence-electron chi connectivity index (χ1n) is 12.3. The first-order chi connectivity index (χ1) is 17.0. The summed E-state index contributed by atoms with van der Waals surface area (Å²) in [6.45, 7) is 5.73. The molecule has 35 heavy (non-hydrogen) atoms. The molecule has 0 saturated heterocycles. The maximum Gasteiger partial charge on any atom is 0.306 e. The van der Waals surface area contributed by atoms with Crippen molar-refractivity contribution in [2.75, 3.05) is 30.8 Å². The minimum absolute atomic E-state index is 0.0253. The van der Waals surface area contributed by atoms with Crippen LogP contribution in [0, 0.1) is 0 Å². The number of nitrogens with zero attached hydrogens (tertiary/aromatic N) is 1. The van der Waals surface area contributed by atoms with Gasteiger partial charge < -0.3 is 25.7 Å². The summed E-state index contributed by atoms with van der Waals surface area (Å²) in [6.07, 6.45) is 10.9. The number of anilines is 3. The summed E-state index contributed by atoms with van der Waals surface area (Å²) in [7, 11) is 1.40. The lowest BCUT2D eigenvalue weighted by molar-refractivity contribution is -0.140. The number of rotatable bonds is 11. The van der Waals surface area contributed by atoms with Crippen LogP contribution in [0.5, 0.6) is 0 Å². The number of nitrogens with one attached hydrogen (secondary N) is 4. The molecule has 4 N–H and O–H groups in total. The first kappa shape index (κ1) is 24.5. The van der Waals surface area contributed by atoms with Gasteiger partial charge >= 0.3 is 5.97 Å². The van der Waals surface area contributed by atoms with Crippen LogP contribution in [0.1, 0.15) is 61.2 Å². The molecule has 1 aliphatic rings. The van der Waals surface area contributed by atoms with Crippen LogP contribution >= 0.6 is 0 Å². The van der Waals surface area contributed by atoms with E-state index in [0.29, 0.717) is 18.9 Å². The minimum Gasteiger partial charge on any atom is -0.469 e. The topological polar surface area (TPSA) is 91.1 Å². The third-order valence-corrected chi connectivity index (χ3v) is 6.43. The quantitative estimate of drug-likeness (QED) is 0.273. The lowest BCUT2D eigenvalue weighted by atomic mass is 9.92. The number of fused-ring (bicyclic) bond motifs is 1. The second-order valence-electron chi connectivity index (χ2n) is 9.03. The van der Waals surface area contributed by atoms with E-state index >= 15 is 0 Å². The number of aromatic amines is 1. The molecule has 1 aliphatic carbocycles. The van der Waals surface area contributed by atoms with E-state index in [1.807, 2.05) is 19.1 Å². The first-order valence-corrected chi connectivity index (χ1v) is 12.3. The molecule has 7 heteroatoms. The molecule has 2 aromatic heterocycles. The molecule has 0 amide bonds. The van der Waals surface area contributed by atoms with E-state index in [0.717, 1.165) is 42.1 Å². The van der Waals surface area contributed by atoms with E-state index in [-0.39, 0.29) is 12.0 Å². The summed E-state index contributed by atoms with van der Waals surface area (Å²) >= 11 is 0. The highest BCUT2D eigenvalue weighted by atomic mass is 16.5. The maximum absolute atomic E-state index is 11.3. The Labute approximate surface area is 207 Å². The van der Waals surface area contributed by atoms with E-state index in [4.69, 9.17) is 0 Å². The van der Waals surface area contributed by atoms with Crippen LogP contribution in [0.2, 0.25) is 0 Å². The van der Waals surface area contributed by atoms with Crippen LogP contribution in [-0.2, 0) is 16.0 Å². The standard InChI is InChI=1S/C28H35N5O2/c1-19-5-4-6-25-21(18-32-28(19)25)11-14-30-22-7-9-23(10-8-22)33-24-12-15-31-26(17-24)20(2)29-16-13-27(34)35-3/h4,6-10,12,15,17-20,29-30,32H,5,11,13-14,16H2,1-3H3,(H,31,33). The third kappa shape index (κ3) is 6.51. The maximum atomic E-state index is 11.3. The van der Waals surface area contributed by atoms with Gasteiger partial charge in [-0.1, -0.05) is 19.1 Å². The number of ether oxygens (including phenoxy) is 1. The van der Waals surface area contributed by atoms with Gasteiger partial charge in [-0.2, -0.15) is 0 Å². The Hall–Kier alpha value is -3.58. The molecular weight excluding hydrogens is 438 g/mol. The summed E-state index contributed by atoms with van der Waals surface area (Å²) in [6, 6.07) is 12.3. The molecule has 0 spiro atoms. The second kappa shape index (κ2) is 11.7. The van der Waals surface area contributed by atoms with Crippen molar-refractivity contribution in [3.8, 4) is 0 Å². The number of allylic oxidation sites excluding steroid dienone is 1. The number of hydrogen-bond acceptors (Lipinski definition) is 6. The Balaban J connectivity index is 1.27. The number of hydrogen-bond donors (Lipinski definition) is 4. The van der Waals surface area contributed by atoms with Gasteiger partial charge in [-0.3, -0.25) is 9.78 Å². The number of benzene rings is 1. The van der Waals surface area contributed by atoms with Crippen molar-refractivity contribution >= 4 is 29.1 Å². The van der Waals surface area contributed by atoms with Gasteiger partial charge in [0.15, 0.2) is 0 Å². The normalized spacial score (nSPS) is 15.3. The van der Waals surface area contributed by atoms with Crippen molar-refractivity contribution in [3.05, 3.63) is 77.4 Å². The highest BCUT2D eigenvalue weighted by Crippen LogP contribution is 2.31. The highest BCUT2D eigenvalue weighted by molar-refractivity contribution is 5.69. The molecule has 1 aromatic carbocycles. The number of H-pyrrole nitrogens is 1. The minimum atomic E-state index is -0.221. The van der Waals surface area contributed by atoms with Gasteiger partial charge in [0.25, 0.3) is 0 Å². The van der Waals surface area contributed by atoms with Crippen LogP contribution in [0.3, 0.4) is 0 Å². The van der Waals surface area contributed by atoms with E-state index < -0.39 is 0 Å². The predicted molar refractivity (Wildman–Crippen MR) is 142 cm³/mol. The van der Waals surface area contributed by atoms with Gasteiger partial charge in [-0.25, -0.2) is 0 Å². The average Bonchev–Trinajstić information content (AvgIpc) is 3.29. The van der Waals surface area contributed by atoms with E-state index in [1.54, 1.807) is 6.20 Å². The van der Waals surface area contributed by atoms with Crippen molar-refractivity contribution < 1.29 is 9.53 Å². The zero-order valence-corrected chi connectivity index (χ0v) is 20.7. The monoisotopic (exact) mass is 473 g/mol. The molecule has 2 heterocycles. The number of carbonyl (C=O) groups is 1. The number of pyridine rings is 1. The Kier molecular flexibility index (Phi) is 8.21. The summed E-state index contributed by atoms with van der Waals surface area (Å²) in [5.41, 5.74) is 8.10. The molecule has 3 aromatic rings. The lowest BCUT2D eigenvalue weighted by Gasteiger charge is -2.15. The molecule has 0 aliphatic heterocycles. The molecule has 4 rings (SSSR count). The smallest absolute Gasteiger partial charge is 0.306 e. The molecule has 184 valence electrons. The van der Waals surface area contributed by atoms with Crippen LogP contribution in [0.15, 0.2) is 54.9 Å². The largest absolute Gasteiger partial charge is 0.469 e. The van der Waals surface area contributed by atoms with Gasteiger partial charge in [-0.15, -0.1) is 0 Å². The molecule has 2 unspecified atom stereocenters. The van der Waals surface area contributed by atoms with Crippen molar-refractivity contribution in [2.45, 2.75) is 45.1 Å². The highest BCUT2D eigenvalue weighted by Gasteiger charge is 2.17. The average molecular weight is 474 g/mol. The summed E-state index contributed by atoms with van der Waals surface area (Å²) in [5, 5.41) is 10.3. The number of carbonyl (C=O) groups excluding carboxylic acids is 1. The van der Waals surface area contributed by atoms with Crippen molar-refractivity contribution in [1.29, 1.82) is 0 Å². The van der Waals surface area contributed by atoms with Gasteiger partial charge in [0.1, 0.15) is 0 Å². The molecule has 0 bridgehead atoms. The lowest BCUT2D eigenvalue weighted by Crippen LogP contribution is -2.23. The van der Waals surface area contributed by atoms with Crippen LogP contribution in [0.4, 0.5) is 17.1 Å². The van der Waals surface area contributed by atoms with E-state index in [2.05, 4.69) is 80.2 Å². The van der Waals surface area contributed by atoms with Crippen LogP contribution in [0.25, 0.3) is 6.08 Å². The van der Waals surface area contributed by atoms with Crippen molar-refractivity contribution in [2.24, 2.45) is 0 Å². The zero-order chi connectivity index (χ0) is 24.6. The van der Waals surface area contributed by atoms with Gasteiger partial charge in [0.2, 0.25) is 0 Å². The van der Waals surface area contributed by atoms with E-state index in [9.17, 15) is 4.79 Å². The summed E-state index contributed by atoms with van der Waals surface area (Å²) < 4.78 is 4.68. The van der Waals surface area contributed by atoms with Crippen LogP contribution in [-0.4, -0.2) is 36.1 Å². The predicted octanol–water partition coefficient (Wildman–Crippen LogP) is 5.54. The number of esters is 1. The molecule has 0 radical (unpaired) electrons. The fourth-order valence-corrected chi connectivity index (χ4v) is 4.35. The molecule has 7 nitrogen and oxygen atoms in total. The Morgan fingerprint density at radius 1 is 1.17 bits per heavy atom. The van der Waals surface area contributed by atoms with Gasteiger partial charge in [0.05, 0.1) is 19.2 Å². The van der Waals surface area contributed by atoms with Crippen molar-refractivity contribution in [3.63, 3.8) is 0 Å². The summed E-state index contributed by atoms with van der Waals surface area (Å²) in [4.78, 5) is 19.2. The molecule has 0 saturated carbocycles. The van der Waals surface area contributed by atoms with Gasteiger partial charge in [-0.05, 0) is 67.3 Å². The second-order valence-corrected chi connectivity index (χ2v) is 9.03. The van der Waals surface area contributed by atoms with E-state index in [1.165, 1.54) is 23.9 Å². The molecule has 2 atom stereocenters. The fraction of sp³-hybridized carbons (Fsp3) is 0.357. The fourth-order valence-electron chi connectivity index (χ4n) is 4.35.